The summed E-state index contributed by atoms with van der Waals surface area (Å²) in [5.41, 5.74) is 1.17. The first-order valence-corrected chi connectivity index (χ1v) is 6.35. The van der Waals surface area contributed by atoms with Crippen LogP contribution in [0.3, 0.4) is 0 Å². The molecule has 5 heteroatoms. The Balaban J connectivity index is 2.27. The van der Waals surface area contributed by atoms with E-state index < -0.39 is 10.0 Å². The summed E-state index contributed by atoms with van der Waals surface area (Å²) in [5.74, 6) is -0.0372. The third kappa shape index (κ3) is 2.23. The van der Waals surface area contributed by atoms with Gasteiger partial charge in [0, 0.05) is 0 Å². The van der Waals surface area contributed by atoms with E-state index >= 15 is 0 Å². The monoisotopic (exact) mass is 227 g/mol. The Kier molecular flexibility index (Phi) is 2.34. The van der Waals surface area contributed by atoms with E-state index in [2.05, 4.69) is 4.72 Å². The van der Waals surface area contributed by atoms with E-state index in [0.29, 0.717) is 12.8 Å². The SMILES string of the molecule is Cc1ccc(O)c(NS(=O)(=O)C2CC2)c1. The van der Waals surface area contributed by atoms with Crippen LogP contribution in [0.4, 0.5) is 5.69 Å². The highest BCUT2D eigenvalue weighted by Gasteiger charge is 2.36. The first kappa shape index (κ1) is 10.3. The molecule has 0 radical (unpaired) electrons. The molecule has 0 atom stereocenters. The molecule has 1 aromatic rings. The predicted octanol–water partition coefficient (Wildman–Crippen LogP) is 1.60. The molecule has 0 heterocycles. The molecule has 2 rings (SSSR count). The number of phenolic OH excluding ortho intramolecular Hbond substituents is 1. The first-order valence-electron chi connectivity index (χ1n) is 4.80. The molecule has 82 valence electrons. The second-order valence-electron chi connectivity index (χ2n) is 3.87. The second-order valence-corrected chi connectivity index (χ2v) is 5.83. The maximum Gasteiger partial charge on any atom is 0.235 e. The van der Waals surface area contributed by atoms with Gasteiger partial charge < -0.3 is 5.11 Å². The van der Waals surface area contributed by atoms with Gasteiger partial charge in [-0.25, -0.2) is 8.42 Å². The maximum atomic E-state index is 11.6. The van der Waals surface area contributed by atoms with E-state index in [0.717, 1.165) is 5.56 Å². The molecule has 0 amide bonds. The zero-order valence-corrected chi connectivity index (χ0v) is 9.21. The lowest BCUT2D eigenvalue weighted by Crippen LogP contribution is -2.17. The van der Waals surface area contributed by atoms with E-state index in [9.17, 15) is 13.5 Å². The van der Waals surface area contributed by atoms with Gasteiger partial charge in [0.15, 0.2) is 0 Å². The molecule has 0 saturated heterocycles. The van der Waals surface area contributed by atoms with Gasteiger partial charge in [-0.15, -0.1) is 0 Å². The summed E-state index contributed by atoms with van der Waals surface area (Å²) in [5, 5.41) is 9.19. The molecule has 4 nitrogen and oxygen atoms in total. The van der Waals surface area contributed by atoms with Crippen LogP contribution in [0.15, 0.2) is 18.2 Å². The molecule has 1 aromatic carbocycles. The molecule has 1 saturated carbocycles. The highest BCUT2D eigenvalue weighted by atomic mass is 32.2. The number of sulfonamides is 1. The van der Waals surface area contributed by atoms with E-state index in [1.165, 1.54) is 6.07 Å². The van der Waals surface area contributed by atoms with E-state index in [-0.39, 0.29) is 16.7 Å². The third-order valence-corrected chi connectivity index (χ3v) is 4.22. The highest BCUT2D eigenvalue weighted by Crippen LogP contribution is 2.32. The van der Waals surface area contributed by atoms with Crippen molar-refractivity contribution in [1.29, 1.82) is 0 Å². The molecular weight excluding hydrogens is 214 g/mol. The van der Waals surface area contributed by atoms with Crippen molar-refractivity contribution in [3.05, 3.63) is 23.8 Å². The fraction of sp³-hybridized carbons (Fsp3) is 0.400. The molecule has 15 heavy (non-hydrogen) atoms. The zero-order valence-electron chi connectivity index (χ0n) is 8.40. The standard InChI is InChI=1S/C10H13NO3S/c1-7-2-5-10(12)9(6-7)11-15(13,14)8-3-4-8/h2,5-6,8,11-12H,3-4H2,1H3. The van der Waals surface area contributed by atoms with Crippen LogP contribution in [-0.4, -0.2) is 18.8 Å². The molecule has 0 unspecified atom stereocenters. The summed E-state index contributed by atoms with van der Waals surface area (Å²) in [6, 6.07) is 4.83. The number of anilines is 1. The van der Waals surface area contributed by atoms with Crippen LogP contribution in [0, 0.1) is 6.92 Å². The Hall–Kier alpha value is -1.23. The maximum absolute atomic E-state index is 11.6. The van der Waals surface area contributed by atoms with Crippen molar-refractivity contribution in [2.75, 3.05) is 4.72 Å². The van der Waals surface area contributed by atoms with Crippen LogP contribution < -0.4 is 4.72 Å². The smallest absolute Gasteiger partial charge is 0.235 e. The molecule has 0 aromatic heterocycles. The van der Waals surface area contributed by atoms with Crippen molar-refractivity contribution in [1.82, 2.24) is 0 Å². The minimum atomic E-state index is -3.29. The van der Waals surface area contributed by atoms with Gasteiger partial charge in [-0.3, -0.25) is 4.72 Å². The Morgan fingerprint density at radius 3 is 2.67 bits per heavy atom. The van der Waals surface area contributed by atoms with Gasteiger partial charge in [0.1, 0.15) is 5.75 Å². The number of hydrogen-bond acceptors (Lipinski definition) is 3. The van der Waals surface area contributed by atoms with Gasteiger partial charge in [-0.2, -0.15) is 0 Å². The van der Waals surface area contributed by atoms with Crippen molar-refractivity contribution in [2.45, 2.75) is 25.0 Å². The van der Waals surface area contributed by atoms with Crippen LogP contribution in [-0.2, 0) is 10.0 Å². The summed E-state index contributed by atoms with van der Waals surface area (Å²) in [4.78, 5) is 0. The number of nitrogens with one attached hydrogen (secondary N) is 1. The number of phenols is 1. The van der Waals surface area contributed by atoms with E-state index in [1.807, 2.05) is 6.92 Å². The van der Waals surface area contributed by atoms with E-state index in [4.69, 9.17) is 0 Å². The van der Waals surface area contributed by atoms with Gasteiger partial charge >= 0.3 is 0 Å². The topological polar surface area (TPSA) is 66.4 Å². The van der Waals surface area contributed by atoms with Gasteiger partial charge in [0.25, 0.3) is 0 Å². The fourth-order valence-electron chi connectivity index (χ4n) is 1.35. The minimum Gasteiger partial charge on any atom is -0.506 e. The Bertz CT molecular complexity index is 477. The number of rotatable bonds is 3. The minimum absolute atomic E-state index is 0.0372. The normalized spacial score (nSPS) is 16.3. The lowest BCUT2D eigenvalue weighted by Gasteiger charge is -2.09. The van der Waals surface area contributed by atoms with Crippen molar-refractivity contribution in [3.8, 4) is 5.75 Å². The van der Waals surface area contributed by atoms with Crippen LogP contribution in [0.25, 0.3) is 0 Å². The number of hydrogen-bond donors (Lipinski definition) is 2. The van der Waals surface area contributed by atoms with Crippen molar-refractivity contribution in [3.63, 3.8) is 0 Å². The molecular formula is C10H13NO3S. The average Bonchev–Trinajstić information content (AvgIpc) is 2.93. The van der Waals surface area contributed by atoms with Gasteiger partial charge in [0.2, 0.25) is 10.0 Å². The van der Waals surface area contributed by atoms with E-state index in [1.54, 1.807) is 12.1 Å². The molecule has 0 bridgehead atoms. The third-order valence-electron chi connectivity index (χ3n) is 2.37. The Morgan fingerprint density at radius 1 is 1.40 bits per heavy atom. The van der Waals surface area contributed by atoms with Crippen LogP contribution in [0.1, 0.15) is 18.4 Å². The molecule has 0 aliphatic heterocycles. The number of aryl methyl sites for hydroxylation is 1. The van der Waals surface area contributed by atoms with Crippen molar-refractivity contribution < 1.29 is 13.5 Å². The molecule has 0 spiro atoms. The summed E-state index contributed by atoms with van der Waals surface area (Å²) >= 11 is 0. The van der Waals surface area contributed by atoms with Crippen LogP contribution in [0.5, 0.6) is 5.75 Å². The number of benzene rings is 1. The van der Waals surface area contributed by atoms with Gasteiger partial charge in [0.05, 0.1) is 10.9 Å². The van der Waals surface area contributed by atoms with Gasteiger partial charge in [-0.05, 0) is 37.5 Å². The number of aromatic hydroxyl groups is 1. The molecule has 1 aliphatic rings. The van der Waals surface area contributed by atoms with Crippen LogP contribution >= 0.6 is 0 Å². The lowest BCUT2D eigenvalue weighted by atomic mass is 10.2. The summed E-state index contributed by atoms with van der Waals surface area (Å²) in [6.07, 6.45) is 1.42. The van der Waals surface area contributed by atoms with Crippen LogP contribution in [0.2, 0.25) is 0 Å². The molecule has 1 aliphatic carbocycles. The second kappa shape index (κ2) is 3.41. The summed E-state index contributed by atoms with van der Waals surface area (Å²) < 4.78 is 25.6. The van der Waals surface area contributed by atoms with Gasteiger partial charge in [-0.1, -0.05) is 6.07 Å². The largest absolute Gasteiger partial charge is 0.506 e. The Labute approximate surface area is 89.0 Å². The highest BCUT2D eigenvalue weighted by molar-refractivity contribution is 7.93. The van der Waals surface area contributed by atoms with Crippen molar-refractivity contribution >= 4 is 15.7 Å². The lowest BCUT2D eigenvalue weighted by molar-refractivity contribution is 0.477. The molecule has 2 N–H and O–H groups in total. The first-order chi connectivity index (χ1) is 6.99. The Morgan fingerprint density at radius 2 is 2.07 bits per heavy atom. The summed E-state index contributed by atoms with van der Waals surface area (Å²) in [7, 11) is -3.29. The quantitative estimate of drug-likeness (QED) is 0.771. The zero-order chi connectivity index (χ0) is 11.1. The summed E-state index contributed by atoms with van der Waals surface area (Å²) in [6.45, 7) is 1.84. The average molecular weight is 227 g/mol. The molecule has 1 fully saturated rings. The predicted molar refractivity (Wildman–Crippen MR) is 58.4 cm³/mol. The van der Waals surface area contributed by atoms with Crippen molar-refractivity contribution in [2.24, 2.45) is 0 Å². The fourth-order valence-corrected chi connectivity index (χ4v) is 2.74.